The van der Waals surface area contributed by atoms with Crippen LogP contribution in [-0.4, -0.2) is 65.7 Å². The van der Waals surface area contributed by atoms with Crippen molar-refractivity contribution in [3.05, 3.63) is 17.6 Å². The Morgan fingerprint density at radius 1 is 1.28 bits per heavy atom. The summed E-state index contributed by atoms with van der Waals surface area (Å²) in [5.74, 6) is 1.99. The second-order valence-electron chi connectivity index (χ2n) is 7.61. The molecule has 0 saturated carbocycles. The molecule has 3 heterocycles. The Hall–Kier alpha value is -1.73. The number of hydrogen-bond donors (Lipinski definition) is 1. The maximum Gasteiger partial charge on any atom is 0.242 e. The molecule has 2 saturated heterocycles. The van der Waals surface area contributed by atoms with Gasteiger partial charge in [0.2, 0.25) is 5.91 Å². The summed E-state index contributed by atoms with van der Waals surface area (Å²) < 4.78 is 5.43. The van der Waals surface area contributed by atoms with Crippen LogP contribution in [-0.2, 0) is 9.53 Å². The third kappa shape index (κ3) is 4.27. The molecule has 0 bridgehead atoms. The Kier molecular flexibility index (Phi) is 5.24. The number of morpholine rings is 1. The second-order valence-corrected chi connectivity index (χ2v) is 7.61. The molecule has 0 unspecified atom stereocenters. The van der Waals surface area contributed by atoms with Gasteiger partial charge < -0.3 is 20.3 Å². The quantitative estimate of drug-likeness (QED) is 0.880. The highest BCUT2D eigenvalue weighted by atomic mass is 16.5. The van der Waals surface area contributed by atoms with Gasteiger partial charge in [-0.05, 0) is 33.6 Å². The van der Waals surface area contributed by atoms with Crippen molar-refractivity contribution < 1.29 is 9.53 Å². The molecule has 1 aromatic rings. The van der Waals surface area contributed by atoms with Crippen molar-refractivity contribution in [2.24, 2.45) is 5.73 Å². The lowest BCUT2D eigenvalue weighted by molar-refractivity contribution is -0.137. The summed E-state index contributed by atoms with van der Waals surface area (Å²) in [6, 6.07) is 2.09. The minimum absolute atomic E-state index is 0.0105. The Bertz CT molecular complexity index is 622. The zero-order chi connectivity index (χ0) is 18.0. The molecule has 0 radical (unpaired) electrons. The van der Waals surface area contributed by atoms with E-state index in [0.29, 0.717) is 6.54 Å². The number of likely N-dealkylation sites (tertiary alicyclic amines) is 1. The highest BCUT2D eigenvalue weighted by Crippen LogP contribution is 2.28. The van der Waals surface area contributed by atoms with Crippen LogP contribution < -0.4 is 10.6 Å². The van der Waals surface area contributed by atoms with E-state index >= 15 is 0 Å². The predicted molar refractivity (Wildman–Crippen MR) is 96.6 cm³/mol. The number of nitrogens with zero attached hydrogens (tertiary/aromatic N) is 4. The number of piperidine rings is 1. The third-order valence-corrected chi connectivity index (χ3v) is 4.86. The number of hydrogen-bond acceptors (Lipinski definition) is 6. The number of rotatable bonds is 3. The number of amides is 1. The fourth-order valence-corrected chi connectivity index (χ4v) is 3.55. The number of carbonyl (C=O) groups excluding carboxylic acids is 1. The summed E-state index contributed by atoms with van der Waals surface area (Å²) in [5, 5.41) is 0. The van der Waals surface area contributed by atoms with E-state index in [9.17, 15) is 4.79 Å². The largest absolute Gasteiger partial charge is 0.378 e. The Labute approximate surface area is 149 Å². The van der Waals surface area contributed by atoms with E-state index in [1.165, 1.54) is 0 Å². The molecule has 2 aliphatic heterocycles. The maximum absolute atomic E-state index is 12.5. The van der Waals surface area contributed by atoms with Gasteiger partial charge in [-0.15, -0.1) is 0 Å². The molecule has 25 heavy (non-hydrogen) atoms. The van der Waals surface area contributed by atoms with Crippen LogP contribution in [0.3, 0.4) is 0 Å². The number of ether oxygens (including phenoxy) is 1. The minimum atomic E-state index is -0.831. The molecule has 3 rings (SSSR count). The highest BCUT2D eigenvalue weighted by molar-refractivity contribution is 5.85. The first-order valence-electron chi connectivity index (χ1n) is 9.11. The van der Waals surface area contributed by atoms with Crippen molar-refractivity contribution in [1.29, 1.82) is 0 Å². The molecule has 0 aromatic carbocycles. The number of carbonyl (C=O) groups is 1. The van der Waals surface area contributed by atoms with Gasteiger partial charge in [-0.3, -0.25) is 4.79 Å². The van der Waals surface area contributed by atoms with Crippen molar-refractivity contribution in [1.82, 2.24) is 14.9 Å². The first kappa shape index (κ1) is 18.1. The second kappa shape index (κ2) is 7.25. The molecule has 1 atom stereocenters. The van der Waals surface area contributed by atoms with Gasteiger partial charge in [0.05, 0.1) is 24.4 Å². The van der Waals surface area contributed by atoms with Gasteiger partial charge in [0.15, 0.2) is 0 Å². The van der Waals surface area contributed by atoms with Crippen LogP contribution in [0.1, 0.15) is 44.1 Å². The summed E-state index contributed by atoms with van der Waals surface area (Å²) in [5.41, 5.74) is 6.20. The fourth-order valence-electron chi connectivity index (χ4n) is 3.55. The smallest absolute Gasteiger partial charge is 0.242 e. The molecule has 7 nitrogen and oxygen atoms in total. The molecule has 2 N–H and O–H groups in total. The highest BCUT2D eigenvalue weighted by Gasteiger charge is 2.32. The fraction of sp³-hybridized carbons (Fsp3) is 0.722. The normalized spacial score (nSPS) is 22.2. The predicted octanol–water partition coefficient (Wildman–Crippen LogP) is 1.06. The molecular weight excluding hydrogens is 318 g/mol. The van der Waals surface area contributed by atoms with E-state index in [-0.39, 0.29) is 11.8 Å². The van der Waals surface area contributed by atoms with E-state index < -0.39 is 5.54 Å². The average molecular weight is 347 g/mol. The molecule has 1 amide bonds. The van der Waals surface area contributed by atoms with E-state index in [1.807, 2.05) is 11.8 Å². The van der Waals surface area contributed by atoms with Gasteiger partial charge in [-0.1, -0.05) is 0 Å². The van der Waals surface area contributed by atoms with Crippen LogP contribution >= 0.6 is 0 Å². The molecule has 1 aromatic heterocycles. The summed E-state index contributed by atoms with van der Waals surface area (Å²) in [6.45, 7) is 10.1. The Balaban J connectivity index is 1.78. The first-order valence-corrected chi connectivity index (χ1v) is 9.11. The summed E-state index contributed by atoms with van der Waals surface area (Å²) in [6.07, 6.45) is 2.01. The number of aromatic nitrogens is 2. The zero-order valence-corrected chi connectivity index (χ0v) is 15.5. The molecular formula is C18H29N5O2. The van der Waals surface area contributed by atoms with Crippen LogP contribution in [0.5, 0.6) is 0 Å². The molecule has 138 valence electrons. The van der Waals surface area contributed by atoms with Crippen molar-refractivity contribution >= 4 is 11.7 Å². The van der Waals surface area contributed by atoms with Crippen LogP contribution in [0.15, 0.2) is 6.07 Å². The molecule has 2 fully saturated rings. The standard InChI is InChI=1S/C18H29N5O2/c1-13-20-15(11-16(21-13)22-7-9-25-10-8-22)14-5-4-6-23(12-14)17(24)18(2,3)19/h11,14H,4-10,12,19H2,1-3H3/t14-/m1/s1. The van der Waals surface area contributed by atoms with Crippen LogP contribution in [0, 0.1) is 6.92 Å². The van der Waals surface area contributed by atoms with Crippen molar-refractivity contribution in [3.8, 4) is 0 Å². The lowest BCUT2D eigenvalue weighted by atomic mass is 9.92. The van der Waals surface area contributed by atoms with E-state index in [1.54, 1.807) is 13.8 Å². The summed E-state index contributed by atoms with van der Waals surface area (Å²) in [4.78, 5) is 25.9. The van der Waals surface area contributed by atoms with E-state index in [0.717, 1.165) is 63.0 Å². The summed E-state index contributed by atoms with van der Waals surface area (Å²) in [7, 11) is 0. The van der Waals surface area contributed by atoms with Gasteiger partial charge >= 0.3 is 0 Å². The van der Waals surface area contributed by atoms with Gasteiger partial charge in [-0.25, -0.2) is 9.97 Å². The van der Waals surface area contributed by atoms with Crippen LogP contribution in [0.25, 0.3) is 0 Å². The van der Waals surface area contributed by atoms with Gasteiger partial charge in [0.1, 0.15) is 11.6 Å². The van der Waals surface area contributed by atoms with Crippen molar-refractivity contribution in [3.63, 3.8) is 0 Å². The SMILES string of the molecule is Cc1nc([C@@H]2CCCN(C(=O)C(C)(C)N)C2)cc(N2CCOCC2)n1. The number of aryl methyl sites for hydroxylation is 1. The maximum atomic E-state index is 12.5. The number of anilines is 1. The lowest BCUT2D eigenvalue weighted by Gasteiger charge is -2.36. The average Bonchev–Trinajstić information content (AvgIpc) is 2.60. The van der Waals surface area contributed by atoms with Gasteiger partial charge in [-0.2, -0.15) is 0 Å². The number of nitrogens with two attached hydrogens (primary N) is 1. The molecule has 0 spiro atoms. The minimum Gasteiger partial charge on any atom is -0.378 e. The van der Waals surface area contributed by atoms with Gasteiger partial charge in [0, 0.05) is 38.2 Å². The molecule has 0 aliphatic carbocycles. The monoisotopic (exact) mass is 347 g/mol. The van der Waals surface area contributed by atoms with Crippen LogP contribution in [0.4, 0.5) is 5.82 Å². The van der Waals surface area contributed by atoms with E-state index in [4.69, 9.17) is 10.5 Å². The van der Waals surface area contributed by atoms with Crippen LogP contribution in [0.2, 0.25) is 0 Å². The summed E-state index contributed by atoms with van der Waals surface area (Å²) >= 11 is 0. The third-order valence-electron chi connectivity index (χ3n) is 4.86. The first-order chi connectivity index (χ1) is 11.8. The Morgan fingerprint density at radius 2 is 2.00 bits per heavy atom. The zero-order valence-electron chi connectivity index (χ0n) is 15.5. The Morgan fingerprint density at radius 3 is 2.68 bits per heavy atom. The topological polar surface area (TPSA) is 84.6 Å². The molecule has 7 heteroatoms. The van der Waals surface area contributed by atoms with E-state index in [2.05, 4.69) is 20.9 Å². The molecule has 2 aliphatic rings. The lowest BCUT2D eigenvalue weighted by Crippen LogP contribution is -2.53. The van der Waals surface area contributed by atoms with Crippen molar-refractivity contribution in [2.45, 2.75) is 45.1 Å². The van der Waals surface area contributed by atoms with Crippen molar-refractivity contribution in [2.75, 3.05) is 44.3 Å². The van der Waals surface area contributed by atoms with Gasteiger partial charge in [0.25, 0.3) is 0 Å².